The van der Waals surface area contributed by atoms with Crippen LogP contribution in [0.4, 0.5) is 0 Å². The monoisotopic (exact) mass is 216 g/mol. The molecule has 0 radical (unpaired) electrons. The first-order valence-electron chi connectivity index (χ1n) is 5.27. The van der Waals surface area contributed by atoms with Crippen molar-refractivity contribution >= 4 is 0 Å². The first-order chi connectivity index (χ1) is 7.65. The van der Waals surface area contributed by atoms with Gasteiger partial charge in [0.25, 0.3) is 0 Å². The summed E-state index contributed by atoms with van der Waals surface area (Å²) in [6.45, 7) is 15.1. The van der Waals surface area contributed by atoms with Gasteiger partial charge in [-0.1, -0.05) is 50.1 Å². The van der Waals surface area contributed by atoms with Crippen molar-refractivity contribution in [1.82, 2.24) is 0 Å². The zero-order chi connectivity index (χ0) is 12.4. The van der Waals surface area contributed by atoms with Gasteiger partial charge in [-0.2, -0.15) is 0 Å². The third kappa shape index (κ3) is 5.86. The van der Waals surface area contributed by atoms with Crippen molar-refractivity contribution in [2.24, 2.45) is 0 Å². The van der Waals surface area contributed by atoms with E-state index >= 15 is 0 Å². The van der Waals surface area contributed by atoms with Gasteiger partial charge in [0.2, 0.25) is 0 Å². The van der Waals surface area contributed by atoms with E-state index < -0.39 is 0 Å². The average molecular weight is 216 g/mol. The van der Waals surface area contributed by atoms with Crippen LogP contribution in [0.1, 0.15) is 20.3 Å². The molecule has 86 valence electrons. The third-order valence-electron chi connectivity index (χ3n) is 1.90. The van der Waals surface area contributed by atoms with Gasteiger partial charge in [0.05, 0.1) is 0 Å². The molecule has 0 N–H and O–H groups in total. The normalized spacial score (nSPS) is 12.0. The van der Waals surface area contributed by atoms with Gasteiger partial charge in [0.15, 0.2) is 0 Å². The summed E-state index contributed by atoms with van der Waals surface area (Å²) in [6, 6.07) is 0. The predicted molar refractivity (Wildman–Crippen MR) is 71.9 cm³/mol. The van der Waals surface area contributed by atoms with Crippen LogP contribution in [-0.2, 0) is 4.74 Å². The highest BCUT2D eigenvalue weighted by atomic mass is 16.5. The fourth-order valence-electron chi connectivity index (χ4n) is 0.997. The lowest BCUT2D eigenvalue weighted by Gasteiger charge is -2.10. The highest BCUT2D eigenvalue weighted by Gasteiger charge is 2.02. The van der Waals surface area contributed by atoms with Crippen molar-refractivity contribution < 1.29 is 4.74 Å². The molecule has 0 aliphatic carbocycles. The van der Waals surface area contributed by atoms with Gasteiger partial charge >= 0.3 is 0 Å². The van der Waals surface area contributed by atoms with Crippen LogP contribution in [-0.4, -0.2) is 0 Å². The second-order valence-electron chi connectivity index (χ2n) is 3.19. The Bertz CT molecular complexity index is 340. The Labute approximate surface area is 98.8 Å². The molecule has 0 aliphatic heterocycles. The molecule has 0 bridgehead atoms. The second kappa shape index (κ2) is 8.54. The molecule has 16 heavy (non-hydrogen) atoms. The van der Waals surface area contributed by atoms with Crippen molar-refractivity contribution in [2.45, 2.75) is 20.3 Å². The van der Waals surface area contributed by atoms with E-state index in [0.717, 1.165) is 12.0 Å². The van der Waals surface area contributed by atoms with Crippen molar-refractivity contribution in [2.75, 3.05) is 0 Å². The topological polar surface area (TPSA) is 9.23 Å². The van der Waals surface area contributed by atoms with Crippen molar-refractivity contribution in [1.29, 1.82) is 0 Å². The van der Waals surface area contributed by atoms with Crippen LogP contribution in [0, 0.1) is 0 Å². The molecule has 0 aliphatic rings. The van der Waals surface area contributed by atoms with E-state index in [0.29, 0.717) is 11.5 Å². The summed E-state index contributed by atoms with van der Waals surface area (Å²) in [6.07, 6.45) is 12.3. The minimum Gasteiger partial charge on any atom is -0.458 e. The first kappa shape index (κ1) is 14.2. The van der Waals surface area contributed by atoms with Crippen LogP contribution in [0.3, 0.4) is 0 Å². The summed E-state index contributed by atoms with van der Waals surface area (Å²) >= 11 is 0. The molecule has 0 rings (SSSR count). The van der Waals surface area contributed by atoms with Crippen LogP contribution >= 0.6 is 0 Å². The van der Waals surface area contributed by atoms with E-state index in [1.165, 1.54) is 0 Å². The molecular weight excluding hydrogens is 196 g/mol. The maximum atomic E-state index is 5.41. The number of rotatable bonds is 7. The zero-order valence-corrected chi connectivity index (χ0v) is 10.2. The van der Waals surface area contributed by atoms with Gasteiger partial charge in [0, 0.05) is 0 Å². The highest BCUT2D eigenvalue weighted by Crippen LogP contribution is 2.17. The van der Waals surface area contributed by atoms with Crippen LogP contribution in [0.2, 0.25) is 0 Å². The maximum absolute atomic E-state index is 5.41. The van der Waals surface area contributed by atoms with Crippen LogP contribution < -0.4 is 0 Å². The Morgan fingerprint density at radius 1 is 1.19 bits per heavy atom. The van der Waals surface area contributed by atoms with Crippen LogP contribution in [0.15, 0.2) is 73.3 Å². The van der Waals surface area contributed by atoms with E-state index in [2.05, 4.69) is 25.8 Å². The summed E-state index contributed by atoms with van der Waals surface area (Å²) in [5, 5.41) is 0. The van der Waals surface area contributed by atoms with Crippen molar-refractivity contribution in [3.63, 3.8) is 0 Å². The fraction of sp³-hybridized carbons (Fsp3) is 0.200. The largest absolute Gasteiger partial charge is 0.458 e. The summed E-state index contributed by atoms with van der Waals surface area (Å²) in [4.78, 5) is 0. The SMILES string of the molecule is C=CC(=C)OC(=C)/C(=C\C=C/C)C/C=C\C. The van der Waals surface area contributed by atoms with Gasteiger partial charge in [-0.05, 0) is 31.9 Å². The Kier molecular flexibility index (Phi) is 7.60. The molecule has 0 aromatic rings. The Morgan fingerprint density at radius 3 is 2.38 bits per heavy atom. The average Bonchev–Trinajstić information content (AvgIpc) is 2.28. The lowest BCUT2D eigenvalue weighted by atomic mass is 10.1. The summed E-state index contributed by atoms with van der Waals surface area (Å²) < 4.78 is 5.41. The lowest BCUT2D eigenvalue weighted by Crippen LogP contribution is -1.92. The fourth-order valence-corrected chi connectivity index (χ4v) is 0.997. The van der Waals surface area contributed by atoms with Crippen LogP contribution in [0.25, 0.3) is 0 Å². The Balaban J connectivity index is 4.68. The first-order valence-corrected chi connectivity index (χ1v) is 5.27. The van der Waals surface area contributed by atoms with Crippen molar-refractivity contribution in [3.8, 4) is 0 Å². The molecule has 0 aromatic carbocycles. The molecule has 0 spiro atoms. The maximum Gasteiger partial charge on any atom is 0.123 e. The highest BCUT2D eigenvalue weighted by molar-refractivity contribution is 5.31. The van der Waals surface area contributed by atoms with Gasteiger partial charge in [-0.3, -0.25) is 0 Å². The minimum atomic E-state index is 0.511. The van der Waals surface area contributed by atoms with E-state index in [-0.39, 0.29) is 0 Å². The summed E-state index contributed by atoms with van der Waals surface area (Å²) in [5.74, 6) is 1.12. The molecule has 0 heterocycles. The molecule has 0 atom stereocenters. The Morgan fingerprint density at radius 2 is 1.88 bits per heavy atom. The molecule has 0 saturated carbocycles. The second-order valence-corrected chi connectivity index (χ2v) is 3.19. The number of allylic oxidation sites excluding steroid dienone is 7. The van der Waals surface area contributed by atoms with Gasteiger partial charge in [0.1, 0.15) is 11.5 Å². The lowest BCUT2D eigenvalue weighted by molar-refractivity contribution is 0.332. The molecule has 1 heteroatoms. The van der Waals surface area contributed by atoms with E-state index in [1.54, 1.807) is 6.08 Å². The summed E-state index contributed by atoms with van der Waals surface area (Å²) in [5.41, 5.74) is 1.03. The molecule has 0 saturated heterocycles. The molecule has 0 aromatic heterocycles. The molecule has 0 fully saturated rings. The molecular formula is C15H20O. The predicted octanol–water partition coefficient (Wildman–Crippen LogP) is 4.69. The standard InChI is InChI=1S/C15H20O/c1-6-9-11-15(12-10-7-2)14(5)16-13(4)8-3/h6-11H,3-5,12H2,1-2H3/b9-6-,10-7-,15-11-. The number of hydrogen-bond donors (Lipinski definition) is 0. The van der Waals surface area contributed by atoms with E-state index in [4.69, 9.17) is 4.74 Å². The van der Waals surface area contributed by atoms with Crippen molar-refractivity contribution in [3.05, 3.63) is 73.3 Å². The van der Waals surface area contributed by atoms with E-state index in [9.17, 15) is 0 Å². The number of hydrogen-bond acceptors (Lipinski definition) is 1. The quantitative estimate of drug-likeness (QED) is 0.341. The van der Waals surface area contributed by atoms with Crippen LogP contribution in [0.5, 0.6) is 0 Å². The third-order valence-corrected chi connectivity index (χ3v) is 1.90. The number of ether oxygens (including phenoxy) is 1. The zero-order valence-electron chi connectivity index (χ0n) is 10.2. The Hall–Kier alpha value is -1.76. The van der Waals surface area contributed by atoms with Gasteiger partial charge in [-0.15, -0.1) is 0 Å². The molecule has 0 amide bonds. The van der Waals surface area contributed by atoms with E-state index in [1.807, 2.05) is 38.2 Å². The summed E-state index contributed by atoms with van der Waals surface area (Å²) in [7, 11) is 0. The molecule has 0 unspecified atom stereocenters. The molecule has 1 nitrogen and oxygen atoms in total. The van der Waals surface area contributed by atoms with Gasteiger partial charge in [-0.25, -0.2) is 0 Å². The minimum absolute atomic E-state index is 0.511. The smallest absolute Gasteiger partial charge is 0.123 e. The van der Waals surface area contributed by atoms with Gasteiger partial charge < -0.3 is 4.74 Å².